The van der Waals surface area contributed by atoms with Gasteiger partial charge in [0.15, 0.2) is 0 Å². The molecule has 0 radical (unpaired) electrons. The first kappa shape index (κ1) is 12.6. The first-order chi connectivity index (χ1) is 9.34. The van der Waals surface area contributed by atoms with E-state index in [0.29, 0.717) is 6.04 Å². The van der Waals surface area contributed by atoms with E-state index >= 15 is 0 Å². The van der Waals surface area contributed by atoms with E-state index in [2.05, 4.69) is 5.32 Å². The first-order valence-corrected chi connectivity index (χ1v) is 7.45. The van der Waals surface area contributed by atoms with Gasteiger partial charge in [-0.1, -0.05) is 19.3 Å². The van der Waals surface area contributed by atoms with Crippen LogP contribution in [0.5, 0.6) is 0 Å². The van der Waals surface area contributed by atoms with Crippen LogP contribution in [0.3, 0.4) is 0 Å². The highest BCUT2D eigenvalue weighted by atomic mass is 16.3. The fraction of sp³-hybridized carbons (Fsp3) is 0.667. The van der Waals surface area contributed by atoms with Crippen molar-refractivity contribution in [2.45, 2.75) is 57.0 Å². The number of carbonyl (C=O) groups is 1. The Bertz CT molecular complexity index is 410. The number of carbonyl (C=O) groups excluding carboxylic acids is 1. The molecule has 3 rings (SSSR count). The number of urea groups is 1. The molecule has 2 heterocycles. The summed E-state index contributed by atoms with van der Waals surface area (Å²) in [6.45, 7) is 0.837. The summed E-state index contributed by atoms with van der Waals surface area (Å²) >= 11 is 0. The second kappa shape index (κ2) is 5.68. The molecule has 0 bridgehead atoms. The van der Waals surface area contributed by atoms with Gasteiger partial charge in [-0.15, -0.1) is 0 Å². The van der Waals surface area contributed by atoms with Crippen molar-refractivity contribution < 1.29 is 9.21 Å². The van der Waals surface area contributed by atoms with Crippen LogP contribution in [0.1, 0.15) is 56.7 Å². The molecule has 1 aliphatic carbocycles. The van der Waals surface area contributed by atoms with Crippen molar-refractivity contribution in [2.24, 2.45) is 0 Å². The smallest absolute Gasteiger partial charge is 0.318 e. The molecular formula is C15H22N2O2. The summed E-state index contributed by atoms with van der Waals surface area (Å²) in [6.07, 6.45) is 9.81. The molecule has 2 fully saturated rings. The summed E-state index contributed by atoms with van der Waals surface area (Å²) in [5, 5.41) is 3.20. The maximum Gasteiger partial charge on any atom is 0.318 e. The predicted molar refractivity (Wildman–Crippen MR) is 72.8 cm³/mol. The molecule has 1 N–H and O–H groups in total. The average molecular weight is 262 g/mol. The van der Waals surface area contributed by atoms with Crippen LogP contribution in [-0.4, -0.2) is 23.5 Å². The lowest BCUT2D eigenvalue weighted by Gasteiger charge is -2.28. The maximum absolute atomic E-state index is 12.4. The van der Waals surface area contributed by atoms with Crippen LogP contribution in [0, 0.1) is 0 Å². The number of furan rings is 1. The summed E-state index contributed by atoms with van der Waals surface area (Å²) in [7, 11) is 0. The molecule has 1 atom stereocenters. The molecule has 4 heteroatoms. The standard InChI is InChI=1S/C15H22N2O2/c18-15(16-12-6-2-1-3-7-12)17-10-4-8-13(17)14-9-5-11-19-14/h5,9,11-13H,1-4,6-8,10H2,(H,16,18)/t13-/m0/s1. The van der Waals surface area contributed by atoms with Gasteiger partial charge in [0.25, 0.3) is 0 Å². The fourth-order valence-electron chi connectivity index (χ4n) is 3.29. The fourth-order valence-corrected chi connectivity index (χ4v) is 3.29. The minimum Gasteiger partial charge on any atom is -0.467 e. The van der Waals surface area contributed by atoms with Crippen molar-refractivity contribution in [2.75, 3.05) is 6.54 Å². The van der Waals surface area contributed by atoms with Gasteiger partial charge in [-0.3, -0.25) is 0 Å². The van der Waals surface area contributed by atoms with Crippen LogP contribution in [0.25, 0.3) is 0 Å². The summed E-state index contributed by atoms with van der Waals surface area (Å²) < 4.78 is 5.47. The van der Waals surface area contributed by atoms with Gasteiger partial charge in [0.05, 0.1) is 12.3 Å². The maximum atomic E-state index is 12.4. The molecule has 0 spiro atoms. The largest absolute Gasteiger partial charge is 0.467 e. The van der Waals surface area contributed by atoms with Crippen molar-refractivity contribution >= 4 is 6.03 Å². The highest BCUT2D eigenvalue weighted by molar-refractivity contribution is 5.75. The summed E-state index contributed by atoms with van der Waals surface area (Å²) in [6, 6.07) is 4.45. The van der Waals surface area contributed by atoms with Crippen LogP contribution in [0.15, 0.2) is 22.8 Å². The summed E-state index contributed by atoms with van der Waals surface area (Å²) in [4.78, 5) is 14.3. The van der Waals surface area contributed by atoms with Gasteiger partial charge in [0.2, 0.25) is 0 Å². The Kier molecular flexibility index (Phi) is 3.76. The minimum atomic E-state index is 0.0887. The van der Waals surface area contributed by atoms with Crippen LogP contribution in [-0.2, 0) is 0 Å². The molecule has 19 heavy (non-hydrogen) atoms. The Hall–Kier alpha value is -1.45. The zero-order valence-electron chi connectivity index (χ0n) is 11.3. The van der Waals surface area contributed by atoms with E-state index in [9.17, 15) is 4.79 Å². The molecule has 1 aliphatic heterocycles. The van der Waals surface area contributed by atoms with Crippen LogP contribution >= 0.6 is 0 Å². The van der Waals surface area contributed by atoms with Crippen molar-refractivity contribution in [3.8, 4) is 0 Å². The van der Waals surface area contributed by atoms with E-state index in [4.69, 9.17) is 4.42 Å². The number of amides is 2. The monoisotopic (exact) mass is 262 g/mol. The topological polar surface area (TPSA) is 45.5 Å². The molecule has 4 nitrogen and oxygen atoms in total. The number of likely N-dealkylation sites (tertiary alicyclic amines) is 1. The second-order valence-corrected chi connectivity index (χ2v) is 5.65. The van der Waals surface area contributed by atoms with Gasteiger partial charge < -0.3 is 14.6 Å². The molecule has 1 saturated heterocycles. The van der Waals surface area contributed by atoms with Crippen LogP contribution in [0.2, 0.25) is 0 Å². The van der Waals surface area contributed by atoms with Gasteiger partial charge in [0, 0.05) is 12.6 Å². The molecule has 2 amide bonds. The van der Waals surface area contributed by atoms with Crippen molar-refractivity contribution in [3.63, 3.8) is 0 Å². The molecule has 1 aromatic heterocycles. The number of rotatable bonds is 2. The van der Waals surface area contributed by atoms with Crippen molar-refractivity contribution in [3.05, 3.63) is 24.2 Å². The highest BCUT2D eigenvalue weighted by Crippen LogP contribution is 2.32. The third kappa shape index (κ3) is 2.77. The number of nitrogens with zero attached hydrogens (tertiary/aromatic N) is 1. The Balaban J connectivity index is 1.62. The number of hydrogen-bond donors (Lipinski definition) is 1. The van der Waals surface area contributed by atoms with E-state index < -0.39 is 0 Å². The van der Waals surface area contributed by atoms with Gasteiger partial charge in [-0.05, 0) is 37.8 Å². The zero-order valence-corrected chi connectivity index (χ0v) is 11.3. The van der Waals surface area contributed by atoms with E-state index in [1.165, 1.54) is 19.3 Å². The summed E-state index contributed by atoms with van der Waals surface area (Å²) in [5.41, 5.74) is 0. The highest BCUT2D eigenvalue weighted by Gasteiger charge is 2.32. The zero-order chi connectivity index (χ0) is 13.1. The number of hydrogen-bond acceptors (Lipinski definition) is 2. The van der Waals surface area contributed by atoms with Crippen LogP contribution in [0.4, 0.5) is 4.79 Å². The quantitative estimate of drug-likeness (QED) is 0.887. The Morgan fingerprint density at radius 1 is 1.21 bits per heavy atom. The van der Waals surface area contributed by atoms with Crippen molar-refractivity contribution in [1.29, 1.82) is 0 Å². The van der Waals surface area contributed by atoms with E-state index in [1.54, 1.807) is 6.26 Å². The van der Waals surface area contributed by atoms with Gasteiger partial charge in [-0.2, -0.15) is 0 Å². The van der Waals surface area contributed by atoms with E-state index in [0.717, 1.165) is 38.0 Å². The first-order valence-electron chi connectivity index (χ1n) is 7.45. The third-order valence-corrected chi connectivity index (χ3v) is 4.32. The molecule has 104 valence electrons. The molecule has 0 aromatic carbocycles. The normalized spacial score (nSPS) is 24.6. The number of nitrogens with one attached hydrogen (secondary N) is 1. The average Bonchev–Trinajstić information content (AvgIpc) is 3.10. The Morgan fingerprint density at radius 2 is 2.05 bits per heavy atom. The lowest BCUT2D eigenvalue weighted by atomic mass is 9.96. The molecule has 1 saturated carbocycles. The van der Waals surface area contributed by atoms with E-state index in [1.807, 2.05) is 17.0 Å². The molecular weight excluding hydrogens is 240 g/mol. The lowest BCUT2D eigenvalue weighted by Crippen LogP contribution is -2.45. The van der Waals surface area contributed by atoms with Crippen molar-refractivity contribution in [1.82, 2.24) is 10.2 Å². The molecule has 2 aliphatic rings. The minimum absolute atomic E-state index is 0.0887. The van der Waals surface area contributed by atoms with Gasteiger partial charge in [-0.25, -0.2) is 4.79 Å². The SMILES string of the molecule is O=C(NC1CCCCC1)N1CCC[C@H]1c1ccco1. The Morgan fingerprint density at radius 3 is 2.79 bits per heavy atom. The van der Waals surface area contributed by atoms with Gasteiger partial charge >= 0.3 is 6.03 Å². The third-order valence-electron chi connectivity index (χ3n) is 4.32. The van der Waals surface area contributed by atoms with E-state index in [-0.39, 0.29) is 12.1 Å². The molecule has 1 aromatic rings. The van der Waals surface area contributed by atoms with Crippen LogP contribution < -0.4 is 5.32 Å². The van der Waals surface area contributed by atoms with Gasteiger partial charge in [0.1, 0.15) is 5.76 Å². The molecule has 0 unspecified atom stereocenters. The second-order valence-electron chi connectivity index (χ2n) is 5.65. The predicted octanol–water partition coefficient (Wildman–Crippen LogP) is 3.46. The lowest BCUT2D eigenvalue weighted by molar-refractivity contribution is 0.179. The Labute approximate surface area is 114 Å². The summed E-state index contributed by atoms with van der Waals surface area (Å²) in [5.74, 6) is 0.913.